The lowest BCUT2D eigenvalue weighted by molar-refractivity contribution is -0.145. The molecule has 26 heavy (non-hydrogen) atoms. The average molecular weight is 385 g/mol. The number of rotatable bonds is 7. The van der Waals surface area contributed by atoms with Crippen LogP contribution >= 0.6 is 11.6 Å². The predicted octanol–water partition coefficient (Wildman–Crippen LogP) is 2.93. The smallest absolute Gasteiger partial charge is 0.331 e. The first-order valence-corrected chi connectivity index (χ1v) is 8.40. The molecule has 144 valence electrons. The number of hydrogen-bond donors (Lipinski definition) is 3. The SMILES string of the molecule is COCC(C)(NC(=O)c1cc(NC(=O)CC(C)(C)C)ccc1Cl)C(=O)O. The topological polar surface area (TPSA) is 105 Å². The van der Waals surface area contributed by atoms with Gasteiger partial charge in [0.25, 0.3) is 5.91 Å². The summed E-state index contributed by atoms with van der Waals surface area (Å²) >= 11 is 6.07. The van der Waals surface area contributed by atoms with Crippen molar-refractivity contribution < 1.29 is 24.2 Å². The van der Waals surface area contributed by atoms with E-state index in [1.807, 2.05) is 20.8 Å². The lowest BCUT2D eigenvalue weighted by Crippen LogP contribution is -2.55. The molecule has 0 spiro atoms. The second-order valence-corrected chi connectivity index (χ2v) is 7.91. The number of methoxy groups -OCH3 is 1. The number of halogens is 1. The van der Waals surface area contributed by atoms with Crippen molar-refractivity contribution >= 4 is 35.1 Å². The van der Waals surface area contributed by atoms with E-state index in [1.165, 1.54) is 26.2 Å². The van der Waals surface area contributed by atoms with Crippen LogP contribution in [-0.2, 0) is 14.3 Å². The van der Waals surface area contributed by atoms with Crippen molar-refractivity contribution in [3.05, 3.63) is 28.8 Å². The summed E-state index contributed by atoms with van der Waals surface area (Å²) in [6, 6.07) is 4.45. The zero-order chi connectivity index (χ0) is 20.1. The Labute approximate surface area is 158 Å². The summed E-state index contributed by atoms with van der Waals surface area (Å²) in [5.41, 5.74) is -1.33. The Kier molecular flexibility index (Phi) is 7.17. The number of carboxylic acids is 1. The molecule has 0 heterocycles. The lowest BCUT2D eigenvalue weighted by atomic mass is 9.92. The van der Waals surface area contributed by atoms with Crippen molar-refractivity contribution in [3.63, 3.8) is 0 Å². The van der Waals surface area contributed by atoms with Crippen LogP contribution in [0.2, 0.25) is 5.02 Å². The van der Waals surface area contributed by atoms with E-state index in [2.05, 4.69) is 10.6 Å². The van der Waals surface area contributed by atoms with Gasteiger partial charge in [0.15, 0.2) is 5.54 Å². The summed E-state index contributed by atoms with van der Waals surface area (Å²) in [5.74, 6) is -2.11. The van der Waals surface area contributed by atoms with Crippen molar-refractivity contribution in [3.8, 4) is 0 Å². The maximum absolute atomic E-state index is 12.5. The molecule has 1 aromatic rings. The Balaban J connectivity index is 3.01. The van der Waals surface area contributed by atoms with Gasteiger partial charge in [0.1, 0.15) is 0 Å². The fraction of sp³-hybridized carbons (Fsp3) is 0.500. The molecule has 1 rings (SSSR count). The Morgan fingerprint density at radius 1 is 1.19 bits per heavy atom. The van der Waals surface area contributed by atoms with Gasteiger partial charge >= 0.3 is 5.97 Å². The number of amides is 2. The Morgan fingerprint density at radius 2 is 1.81 bits per heavy atom. The number of anilines is 1. The standard InChI is InChI=1S/C18H25ClN2O5/c1-17(2,3)9-14(22)20-11-6-7-13(19)12(8-11)15(23)21-18(4,10-26-5)16(24)25/h6-8H,9-10H2,1-5H3,(H,20,22)(H,21,23)(H,24,25). The number of benzene rings is 1. The minimum Gasteiger partial charge on any atom is -0.479 e. The molecule has 0 radical (unpaired) electrons. The maximum atomic E-state index is 12.5. The van der Waals surface area contributed by atoms with E-state index in [4.69, 9.17) is 16.3 Å². The fourth-order valence-electron chi connectivity index (χ4n) is 2.22. The number of nitrogens with one attached hydrogen (secondary N) is 2. The van der Waals surface area contributed by atoms with Crippen LogP contribution < -0.4 is 10.6 Å². The van der Waals surface area contributed by atoms with E-state index >= 15 is 0 Å². The molecule has 0 aliphatic carbocycles. The third-order valence-corrected chi connectivity index (χ3v) is 3.81. The minimum absolute atomic E-state index is 0.0591. The molecule has 1 aromatic carbocycles. The third kappa shape index (κ3) is 6.31. The van der Waals surface area contributed by atoms with Crippen LogP contribution in [0.25, 0.3) is 0 Å². The van der Waals surface area contributed by atoms with Crippen LogP contribution in [0.5, 0.6) is 0 Å². The van der Waals surface area contributed by atoms with Crippen LogP contribution in [0.15, 0.2) is 18.2 Å². The van der Waals surface area contributed by atoms with E-state index < -0.39 is 17.4 Å². The summed E-state index contributed by atoms with van der Waals surface area (Å²) in [5, 5.41) is 14.6. The molecular formula is C18H25ClN2O5. The van der Waals surface area contributed by atoms with Gasteiger partial charge in [0.2, 0.25) is 5.91 Å². The molecule has 0 fully saturated rings. The van der Waals surface area contributed by atoms with E-state index in [-0.39, 0.29) is 28.5 Å². The first-order chi connectivity index (χ1) is 11.9. The highest BCUT2D eigenvalue weighted by Crippen LogP contribution is 2.23. The normalized spacial score (nSPS) is 13.6. The van der Waals surface area contributed by atoms with Crippen LogP contribution in [0, 0.1) is 5.41 Å². The molecule has 3 N–H and O–H groups in total. The third-order valence-electron chi connectivity index (χ3n) is 3.48. The molecular weight excluding hydrogens is 360 g/mol. The monoisotopic (exact) mass is 384 g/mol. The molecule has 1 atom stereocenters. The molecule has 1 unspecified atom stereocenters. The van der Waals surface area contributed by atoms with Gasteiger partial charge in [-0.3, -0.25) is 9.59 Å². The first-order valence-electron chi connectivity index (χ1n) is 8.02. The van der Waals surface area contributed by atoms with Crippen molar-refractivity contribution in [2.45, 2.75) is 39.7 Å². The van der Waals surface area contributed by atoms with Gasteiger partial charge in [-0.15, -0.1) is 0 Å². The van der Waals surface area contributed by atoms with Crippen molar-refractivity contribution in [2.75, 3.05) is 19.0 Å². The van der Waals surface area contributed by atoms with Gasteiger partial charge in [-0.05, 0) is 30.5 Å². The molecule has 0 aliphatic rings. The number of hydrogen-bond acceptors (Lipinski definition) is 4. The quantitative estimate of drug-likeness (QED) is 0.670. The number of carbonyl (C=O) groups is 3. The summed E-state index contributed by atoms with van der Waals surface area (Å²) in [6.45, 7) is 6.94. The molecule has 0 aromatic heterocycles. The zero-order valence-electron chi connectivity index (χ0n) is 15.6. The lowest BCUT2D eigenvalue weighted by Gasteiger charge is -2.25. The van der Waals surface area contributed by atoms with Crippen molar-refractivity contribution in [1.29, 1.82) is 0 Å². The van der Waals surface area contributed by atoms with Gasteiger partial charge in [-0.25, -0.2) is 4.79 Å². The molecule has 0 saturated carbocycles. The Morgan fingerprint density at radius 3 is 2.31 bits per heavy atom. The molecule has 8 heteroatoms. The highest BCUT2D eigenvalue weighted by atomic mass is 35.5. The van der Waals surface area contributed by atoms with Crippen molar-refractivity contribution in [2.24, 2.45) is 5.41 Å². The Hall–Kier alpha value is -2.12. The average Bonchev–Trinajstić information content (AvgIpc) is 2.47. The summed E-state index contributed by atoms with van der Waals surface area (Å²) < 4.78 is 4.87. The van der Waals surface area contributed by atoms with E-state index in [0.29, 0.717) is 12.1 Å². The number of ether oxygens (including phenoxy) is 1. The number of carboxylic acid groups (broad SMARTS) is 1. The number of carbonyl (C=O) groups excluding carboxylic acids is 2. The van der Waals surface area contributed by atoms with Crippen LogP contribution in [0.3, 0.4) is 0 Å². The van der Waals surface area contributed by atoms with Gasteiger partial charge in [0.05, 0.1) is 17.2 Å². The maximum Gasteiger partial charge on any atom is 0.331 e. The zero-order valence-corrected chi connectivity index (χ0v) is 16.4. The molecule has 0 bridgehead atoms. The minimum atomic E-state index is -1.61. The summed E-state index contributed by atoms with van der Waals surface area (Å²) in [4.78, 5) is 36.0. The van der Waals surface area contributed by atoms with Gasteiger partial charge < -0.3 is 20.5 Å². The van der Waals surface area contributed by atoms with E-state index in [1.54, 1.807) is 6.07 Å². The predicted molar refractivity (Wildman–Crippen MR) is 99.5 cm³/mol. The van der Waals surface area contributed by atoms with Gasteiger partial charge in [-0.1, -0.05) is 32.4 Å². The molecule has 0 aliphatic heterocycles. The van der Waals surface area contributed by atoms with Crippen LogP contribution in [0.4, 0.5) is 5.69 Å². The fourth-order valence-corrected chi connectivity index (χ4v) is 2.43. The van der Waals surface area contributed by atoms with Crippen molar-refractivity contribution in [1.82, 2.24) is 5.32 Å². The van der Waals surface area contributed by atoms with Gasteiger partial charge in [-0.2, -0.15) is 0 Å². The highest BCUT2D eigenvalue weighted by Gasteiger charge is 2.35. The van der Waals surface area contributed by atoms with Crippen LogP contribution in [0.1, 0.15) is 44.5 Å². The number of aliphatic carboxylic acids is 1. The largest absolute Gasteiger partial charge is 0.479 e. The second-order valence-electron chi connectivity index (χ2n) is 7.50. The molecule has 2 amide bonds. The van der Waals surface area contributed by atoms with E-state index in [9.17, 15) is 19.5 Å². The second kappa shape index (κ2) is 8.51. The molecule has 0 saturated heterocycles. The summed E-state index contributed by atoms with van der Waals surface area (Å²) in [6.07, 6.45) is 0.308. The van der Waals surface area contributed by atoms with E-state index in [0.717, 1.165) is 0 Å². The van der Waals surface area contributed by atoms with Crippen LogP contribution in [-0.4, -0.2) is 42.1 Å². The molecule has 7 nitrogen and oxygen atoms in total. The Bertz CT molecular complexity index is 699. The highest BCUT2D eigenvalue weighted by molar-refractivity contribution is 6.34. The summed E-state index contributed by atoms with van der Waals surface area (Å²) in [7, 11) is 1.34. The van der Waals surface area contributed by atoms with Gasteiger partial charge in [0, 0.05) is 19.2 Å². The first kappa shape index (κ1) is 21.9.